The van der Waals surface area contributed by atoms with E-state index in [-0.39, 0.29) is 19.3 Å². The van der Waals surface area contributed by atoms with Gasteiger partial charge in [0, 0.05) is 44.8 Å². The molecule has 60 heavy (non-hydrogen) atoms. The van der Waals surface area contributed by atoms with Gasteiger partial charge in [-0.1, -0.05) is 167 Å². The monoisotopic (exact) mass is 887 g/mol. The highest BCUT2D eigenvalue weighted by Gasteiger charge is 2.46. The van der Waals surface area contributed by atoms with E-state index >= 15 is 0 Å². The zero-order valence-corrected chi connectivity index (χ0v) is 41.0. The maximum atomic E-state index is 12.0. The molecule has 0 aliphatic rings. The maximum absolute atomic E-state index is 12.0. The van der Waals surface area contributed by atoms with Crippen LogP contribution in [0.3, 0.4) is 0 Å². The maximum Gasteiger partial charge on any atom is 0.211 e. The number of allylic oxidation sites excluding steroid dienone is 3. The zero-order valence-electron chi connectivity index (χ0n) is 38.7. The van der Waals surface area contributed by atoms with Crippen LogP contribution in [0.4, 0.5) is 5.69 Å². The van der Waals surface area contributed by atoms with Crippen molar-refractivity contribution in [3.63, 3.8) is 0 Å². The summed E-state index contributed by atoms with van der Waals surface area (Å²) in [7, 11) is 1.90. The van der Waals surface area contributed by atoms with Gasteiger partial charge in [0.15, 0.2) is 0 Å². The molecule has 0 aliphatic carbocycles. The molecule has 0 saturated carbocycles. The first kappa shape index (κ1) is 60.8. The molecule has 0 heterocycles. The largest absolute Gasteiger partial charge is 0.481 e. The molecule has 5 nitrogen and oxygen atoms in total. The van der Waals surface area contributed by atoms with Gasteiger partial charge in [0.2, 0.25) is 6.41 Å². The van der Waals surface area contributed by atoms with Gasteiger partial charge < -0.3 is 20.2 Å². The molecule has 0 radical (unpaired) electrons. The third-order valence-electron chi connectivity index (χ3n) is 10.4. The van der Waals surface area contributed by atoms with Crippen molar-refractivity contribution in [1.29, 1.82) is 0 Å². The Kier molecular flexibility index (Phi) is 33.6. The summed E-state index contributed by atoms with van der Waals surface area (Å²) in [5.74, 6) is 0.513. The van der Waals surface area contributed by atoms with Gasteiger partial charge in [0.1, 0.15) is 18.1 Å². The highest BCUT2D eigenvalue weighted by molar-refractivity contribution is 6.31. The van der Waals surface area contributed by atoms with Gasteiger partial charge in [-0.05, 0) is 117 Å². The topological polar surface area (TPSA) is 67.4 Å². The number of carbonyl (C=O) groups is 2. The molecular formula is C52H81Cl3N2O3. The van der Waals surface area contributed by atoms with E-state index in [0.29, 0.717) is 33.6 Å². The third-order valence-corrected chi connectivity index (χ3v) is 11.1. The highest BCUT2D eigenvalue weighted by Crippen LogP contribution is 2.56. The van der Waals surface area contributed by atoms with E-state index < -0.39 is 11.0 Å². The number of ether oxygens (including phenoxy) is 1. The van der Waals surface area contributed by atoms with Crippen LogP contribution in [0.1, 0.15) is 169 Å². The van der Waals surface area contributed by atoms with Gasteiger partial charge in [0.25, 0.3) is 0 Å². The Hall–Kier alpha value is -3.51. The number of likely N-dealkylation sites (N-methyl/N-ethyl adjacent to an activating group) is 1. The summed E-state index contributed by atoms with van der Waals surface area (Å²) in [6.45, 7) is 35.5. The standard InChI is InChI=1S/C40H51Cl3N2O2.C5H10.C3H8.C2H6.CH2O.CH4/c1-10-19-40(20-11-2,29(7)44-9)47-38-18-16-31(42)23-34(38)36(21-26(4)12-3)39(8,28(6)33-22-30(41)14-13-27(33)5)35-17-15-32(43)24-37(35)45-25-46;1-3-5-4-2;1-3-2;2*1-2;/h12-18,22-25,28,36,44H,7,10-11,19-21H2,1-6,8-9H3,(H,45,46);3H,1,4-5H2,2H3;3H2,1-2H3;1-2H3;1H2;1H4/b26-12+;;;;;/t28?,36?,39-;;;;;/m0...../s1. The van der Waals surface area contributed by atoms with Crippen molar-refractivity contribution in [3.05, 3.63) is 128 Å². The Morgan fingerprint density at radius 1 is 0.867 bits per heavy atom. The highest BCUT2D eigenvalue weighted by atomic mass is 35.5. The van der Waals surface area contributed by atoms with Crippen LogP contribution in [0.5, 0.6) is 5.75 Å². The molecule has 0 fully saturated rings. The van der Waals surface area contributed by atoms with E-state index in [0.717, 1.165) is 65.8 Å². The number of anilines is 1. The molecule has 3 aromatic carbocycles. The van der Waals surface area contributed by atoms with Gasteiger partial charge in [-0.3, -0.25) is 4.79 Å². The molecule has 0 spiro atoms. The summed E-state index contributed by atoms with van der Waals surface area (Å²) in [6, 6.07) is 17.7. The van der Waals surface area contributed by atoms with E-state index in [2.05, 4.69) is 111 Å². The fraction of sp³-hybridized carbons (Fsp3) is 0.500. The molecule has 8 heteroatoms. The van der Waals surface area contributed by atoms with Crippen LogP contribution in [-0.2, 0) is 15.0 Å². The van der Waals surface area contributed by atoms with Crippen LogP contribution in [0.25, 0.3) is 0 Å². The summed E-state index contributed by atoms with van der Waals surface area (Å²) in [6.07, 6.45) is 12.6. The van der Waals surface area contributed by atoms with E-state index in [1.807, 2.05) is 76.2 Å². The van der Waals surface area contributed by atoms with Crippen molar-refractivity contribution in [3.8, 4) is 5.75 Å². The van der Waals surface area contributed by atoms with Crippen molar-refractivity contribution in [2.24, 2.45) is 0 Å². The zero-order chi connectivity index (χ0) is 45.8. The summed E-state index contributed by atoms with van der Waals surface area (Å²) in [4.78, 5) is 20.0. The molecule has 2 N–H and O–H groups in total. The predicted molar refractivity (Wildman–Crippen MR) is 269 cm³/mol. The second-order valence-electron chi connectivity index (χ2n) is 14.6. The molecular weight excluding hydrogens is 807 g/mol. The van der Waals surface area contributed by atoms with E-state index in [1.165, 1.54) is 18.4 Å². The Bertz CT molecular complexity index is 1700. The summed E-state index contributed by atoms with van der Waals surface area (Å²) >= 11 is 20.0. The van der Waals surface area contributed by atoms with Gasteiger partial charge in [0.05, 0.1) is 0 Å². The van der Waals surface area contributed by atoms with Crippen molar-refractivity contribution < 1.29 is 14.3 Å². The van der Waals surface area contributed by atoms with Crippen LogP contribution < -0.4 is 15.4 Å². The average Bonchev–Trinajstić information content (AvgIpc) is 3.23. The molecule has 1 amide bonds. The molecule has 2 unspecified atom stereocenters. The lowest BCUT2D eigenvalue weighted by atomic mass is 9.58. The fourth-order valence-corrected chi connectivity index (χ4v) is 7.84. The van der Waals surface area contributed by atoms with Gasteiger partial charge in [-0.25, -0.2) is 0 Å². The van der Waals surface area contributed by atoms with Gasteiger partial charge >= 0.3 is 0 Å². The minimum atomic E-state index is -0.642. The summed E-state index contributed by atoms with van der Waals surface area (Å²) in [5, 5.41) is 8.10. The molecule has 3 aromatic rings. The van der Waals surface area contributed by atoms with E-state index in [4.69, 9.17) is 44.3 Å². The second kappa shape index (κ2) is 33.2. The van der Waals surface area contributed by atoms with Crippen molar-refractivity contribution >= 4 is 53.7 Å². The third kappa shape index (κ3) is 17.8. The number of carbonyl (C=O) groups excluding carboxylic acids is 2. The van der Waals surface area contributed by atoms with Crippen molar-refractivity contribution in [2.75, 3.05) is 12.4 Å². The van der Waals surface area contributed by atoms with Gasteiger partial charge in [-0.15, -0.1) is 6.58 Å². The van der Waals surface area contributed by atoms with Crippen LogP contribution in [0, 0.1) is 6.92 Å². The van der Waals surface area contributed by atoms with Gasteiger partial charge in [-0.2, -0.15) is 0 Å². The number of hydrogen-bond acceptors (Lipinski definition) is 4. The SMILES string of the molecule is C.C=C(NC)C(CCC)(CCC)Oc1ccc(Cl)cc1C(C/C(C)=C/C)[C@](C)(c1ccc(Cl)cc1NC=O)C(C)c1cc(Cl)ccc1C.C=CCCC.C=O.CC.CCC. The number of halogens is 3. The van der Waals surface area contributed by atoms with Crippen LogP contribution >= 0.6 is 34.8 Å². The first-order valence-corrected chi connectivity index (χ1v) is 22.4. The number of hydrogen-bond donors (Lipinski definition) is 2. The lowest BCUT2D eigenvalue weighted by Crippen LogP contribution is -2.43. The number of benzene rings is 3. The van der Waals surface area contributed by atoms with Crippen molar-refractivity contribution in [2.45, 2.75) is 165 Å². The number of nitrogens with one attached hydrogen (secondary N) is 2. The number of amides is 1. The minimum Gasteiger partial charge on any atom is -0.481 e. The Labute approximate surface area is 382 Å². The fourth-order valence-electron chi connectivity index (χ4n) is 7.30. The predicted octanol–water partition coefficient (Wildman–Crippen LogP) is 17.0. The van der Waals surface area contributed by atoms with E-state index in [9.17, 15) is 4.79 Å². The van der Waals surface area contributed by atoms with Crippen molar-refractivity contribution in [1.82, 2.24) is 5.32 Å². The average molecular weight is 889 g/mol. The Balaban J connectivity index is -0.00000223. The number of unbranched alkanes of at least 4 members (excludes halogenated alkanes) is 1. The minimum absolute atomic E-state index is 0. The second-order valence-corrected chi connectivity index (χ2v) is 15.9. The molecule has 3 atom stereocenters. The van der Waals surface area contributed by atoms with Crippen LogP contribution in [0.15, 0.2) is 91.2 Å². The normalized spacial score (nSPS) is 12.5. The lowest BCUT2D eigenvalue weighted by Gasteiger charge is -2.46. The molecule has 0 bridgehead atoms. The molecule has 3 rings (SSSR count). The summed E-state index contributed by atoms with van der Waals surface area (Å²) in [5.41, 5.74) is 5.66. The Morgan fingerprint density at radius 3 is 1.82 bits per heavy atom. The smallest absolute Gasteiger partial charge is 0.211 e. The molecule has 338 valence electrons. The number of rotatable bonds is 19. The Morgan fingerprint density at radius 2 is 1.37 bits per heavy atom. The summed E-state index contributed by atoms with van der Waals surface area (Å²) < 4.78 is 7.22. The first-order chi connectivity index (χ1) is 28.1. The van der Waals surface area contributed by atoms with E-state index in [1.54, 1.807) is 0 Å². The molecule has 0 aromatic heterocycles. The van der Waals surface area contributed by atoms with Crippen LogP contribution in [0.2, 0.25) is 15.1 Å². The molecule has 0 saturated heterocycles. The lowest BCUT2D eigenvalue weighted by molar-refractivity contribution is -0.105. The first-order valence-electron chi connectivity index (χ1n) is 21.3. The molecule has 0 aliphatic heterocycles. The van der Waals surface area contributed by atoms with Crippen LogP contribution in [-0.4, -0.2) is 25.8 Å². The number of aryl methyl sites for hydroxylation is 1. The quantitative estimate of drug-likeness (QED) is 0.0929.